The van der Waals surface area contributed by atoms with Crippen LogP contribution in [0.3, 0.4) is 0 Å². The number of nitrogens with one attached hydrogen (secondary N) is 1. The zero-order chi connectivity index (χ0) is 13.1. The van der Waals surface area contributed by atoms with Gasteiger partial charge < -0.3 is 11.1 Å². The summed E-state index contributed by atoms with van der Waals surface area (Å²) >= 11 is 1.59. The number of benzene rings is 1. The Morgan fingerprint density at radius 2 is 2.11 bits per heavy atom. The maximum atomic E-state index is 11.9. The fraction of sp³-hybridized carbons (Fsp3) is 0.214. The van der Waals surface area contributed by atoms with Crippen LogP contribution in [0.2, 0.25) is 0 Å². The molecule has 1 amide bonds. The summed E-state index contributed by atoms with van der Waals surface area (Å²) in [4.78, 5) is 12.9. The third kappa shape index (κ3) is 2.90. The molecule has 1 heterocycles. The Kier molecular flexibility index (Phi) is 3.67. The minimum Gasteiger partial charge on any atom is -0.398 e. The van der Waals surface area contributed by atoms with E-state index in [2.05, 4.69) is 5.32 Å². The van der Waals surface area contributed by atoms with Gasteiger partial charge in [0.05, 0.1) is 6.42 Å². The van der Waals surface area contributed by atoms with Crippen LogP contribution >= 0.6 is 11.3 Å². The lowest BCUT2D eigenvalue weighted by Gasteiger charge is -2.10. The normalized spacial score (nSPS) is 10.3. The van der Waals surface area contributed by atoms with E-state index in [0.29, 0.717) is 12.1 Å². The minimum atomic E-state index is -0.0104. The molecule has 1 aromatic carbocycles. The van der Waals surface area contributed by atoms with E-state index in [1.165, 1.54) is 0 Å². The largest absolute Gasteiger partial charge is 0.398 e. The summed E-state index contributed by atoms with van der Waals surface area (Å²) in [5.41, 5.74) is 9.40. The van der Waals surface area contributed by atoms with Crippen molar-refractivity contribution < 1.29 is 4.79 Å². The van der Waals surface area contributed by atoms with E-state index in [4.69, 9.17) is 5.73 Å². The fourth-order valence-corrected chi connectivity index (χ4v) is 2.47. The van der Waals surface area contributed by atoms with Crippen molar-refractivity contribution in [1.29, 1.82) is 0 Å². The number of thiophene rings is 1. The fourth-order valence-electron chi connectivity index (χ4n) is 1.77. The predicted octanol–water partition coefficient (Wildman–Crippen LogP) is 3.13. The molecule has 3 N–H and O–H groups in total. The Morgan fingerprint density at radius 3 is 2.78 bits per heavy atom. The van der Waals surface area contributed by atoms with Crippen LogP contribution < -0.4 is 11.1 Å². The summed E-state index contributed by atoms with van der Waals surface area (Å²) in [6.07, 6.45) is 0.408. The van der Waals surface area contributed by atoms with Crippen molar-refractivity contribution in [2.45, 2.75) is 20.3 Å². The lowest BCUT2D eigenvalue weighted by atomic mass is 10.1. The molecule has 94 valence electrons. The molecular weight excluding hydrogens is 244 g/mol. The molecule has 0 bridgehead atoms. The summed E-state index contributed by atoms with van der Waals surface area (Å²) in [5, 5.41) is 4.87. The molecule has 3 nitrogen and oxygen atoms in total. The molecular formula is C14H16N2OS. The number of aryl methyl sites for hydroxylation is 2. The number of rotatable bonds is 3. The first-order chi connectivity index (χ1) is 8.56. The number of nitrogens with two attached hydrogens (primary N) is 1. The van der Waals surface area contributed by atoms with E-state index < -0.39 is 0 Å². The van der Waals surface area contributed by atoms with Gasteiger partial charge in [0.15, 0.2) is 0 Å². The van der Waals surface area contributed by atoms with Crippen molar-refractivity contribution in [2.75, 3.05) is 11.1 Å². The molecule has 18 heavy (non-hydrogen) atoms. The van der Waals surface area contributed by atoms with Gasteiger partial charge in [0.2, 0.25) is 5.91 Å². The van der Waals surface area contributed by atoms with Gasteiger partial charge in [0, 0.05) is 16.3 Å². The second kappa shape index (κ2) is 5.23. The third-order valence-corrected chi connectivity index (χ3v) is 3.68. The van der Waals surface area contributed by atoms with Crippen LogP contribution in [-0.4, -0.2) is 5.91 Å². The molecule has 0 aliphatic rings. The van der Waals surface area contributed by atoms with E-state index in [1.807, 2.05) is 43.5 Å². The Balaban J connectivity index is 2.09. The second-order valence-corrected chi connectivity index (χ2v) is 5.36. The van der Waals surface area contributed by atoms with Gasteiger partial charge in [0.1, 0.15) is 0 Å². The average Bonchev–Trinajstić information content (AvgIpc) is 2.78. The van der Waals surface area contributed by atoms with Crippen LogP contribution in [-0.2, 0) is 11.2 Å². The van der Waals surface area contributed by atoms with E-state index in [1.54, 1.807) is 11.3 Å². The molecule has 2 aromatic rings. The smallest absolute Gasteiger partial charge is 0.229 e. The number of amides is 1. The summed E-state index contributed by atoms with van der Waals surface area (Å²) in [6, 6.07) is 7.70. The lowest BCUT2D eigenvalue weighted by Crippen LogP contribution is -2.14. The van der Waals surface area contributed by atoms with Crippen molar-refractivity contribution >= 4 is 28.6 Å². The van der Waals surface area contributed by atoms with Crippen molar-refractivity contribution in [3.8, 4) is 0 Å². The zero-order valence-corrected chi connectivity index (χ0v) is 11.3. The van der Waals surface area contributed by atoms with Crippen LogP contribution in [0.1, 0.15) is 16.0 Å². The Labute approximate surface area is 111 Å². The summed E-state index contributed by atoms with van der Waals surface area (Å²) in [7, 11) is 0. The Morgan fingerprint density at radius 1 is 1.33 bits per heavy atom. The van der Waals surface area contributed by atoms with Crippen molar-refractivity contribution in [2.24, 2.45) is 0 Å². The lowest BCUT2D eigenvalue weighted by molar-refractivity contribution is -0.115. The van der Waals surface area contributed by atoms with Crippen molar-refractivity contribution in [3.63, 3.8) is 0 Å². The van der Waals surface area contributed by atoms with E-state index >= 15 is 0 Å². The van der Waals surface area contributed by atoms with Crippen molar-refractivity contribution in [1.82, 2.24) is 0 Å². The molecule has 0 radical (unpaired) electrons. The second-order valence-electron chi connectivity index (χ2n) is 4.33. The standard InChI is InChI=1S/C14H16N2OS/c1-9-6-10(2)13(8-12(9)15)16-14(17)7-11-4-3-5-18-11/h3-6,8H,7,15H2,1-2H3,(H,16,17). The average molecular weight is 260 g/mol. The number of carbonyl (C=O) groups is 1. The van der Waals surface area contributed by atoms with Gasteiger partial charge in [-0.15, -0.1) is 11.3 Å². The topological polar surface area (TPSA) is 55.1 Å². The number of hydrogen-bond acceptors (Lipinski definition) is 3. The van der Waals surface area contributed by atoms with Crippen LogP contribution in [0, 0.1) is 13.8 Å². The van der Waals surface area contributed by atoms with Gasteiger partial charge in [0.25, 0.3) is 0 Å². The van der Waals surface area contributed by atoms with Crippen LogP contribution in [0.25, 0.3) is 0 Å². The maximum absolute atomic E-state index is 11.9. The summed E-state index contributed by atoms with van der Waals surface area (Å²) < 4.78 is 0. The maximum Gasteiger partial charge on any atom is 0.229 e. The van der Waals surface area contributed by atoms with Gasteiger partial charge >= 0.3 is 0 Å². The Bertz CT molecular complexity index is 561. The molecule has 0 unspecified atom stereocenters. The number of anilines is 2. The molecule has 0 spiro atoms. The van der Waals surface area contributed by atoms with Gasteiger partial charge in [-0.3, -0.25) is 4.79 Å². The van der Waals surface area contributed by atoms with Gasteiger partial charge in [-0.1, -0.05) is 12.1 Å². The van der Waals surface area contributed by atoms with Crippen LogP contribution in [0.15, 0.2) is 29.6 Å². The highest BCUT2D eigenvalue weighted by Gasteiger charge is 2.08. The van der Waals surface area contributed by atoms with Gasteiger partial charge in [-0.25, -0.2) is 0 Å². The molecule has 0 saturated carbocycles. The van der Waals surface area contributed by atoms with Crippen LogP contribution in [0.4, 0.5) is 11.4 Å². The summed E-state index contributed by atoms with van der Waals surface area (Å²) in [5.74, 6) is -0.0104. The van der Waals surface area contributed by atoms with Crippen LogP contribution in [0.5, 0.6) is 0 Å². The first-order valence-corrected chi connectivity index (χ1v) is 6.63. The van der Waals surface area contributed by atoms with Gasteiger partial charge in [-0.2, -0.15) is 0 Å². The highest BCUT2D eigenvalue weighted by molar-refractivity contribution is 7.10. The monoisotopic (exact) mass is 260 g/mol. The van der Waals surface area contributed by atoms with E-state index in [0.717, 1.165) is 21.7 Å². The highest BCUT2D eigenvalue weighted by atomic mass is 32.1. The van der Waals surface area contributed by atoms with E-state index in [-0.39, 0.29) is 5.91 Å². The molecule has 0 saturated heterocycles. The third-order valence-electron chi connectivity index (χ3n) is 2.80. The Hall–Kier alpha value is -1.81. The minimum absolute atomic E-state index is 0.0104. The number of nitrogen functional groups attached to an aromatic ring is 1. The quantitative estimate of drug-likeness (QED) is 0.833. The molecule has 0 aliphatic carbocycles. The molecule has 0 fully saturated rings. The predicted molar refractivity (Wildman–Crippen MR) is 77.0 cm³/mol. The van der Waals surface area contributed by atoms with E-state index in [9.17, 15) is 4.79 Å². The summed E-state index contributed by atoms with van der Waals surface area (Å²) in [6.45, 7) is 3.92. The molecule has 4 heteroatoms. The molecule has 1 aromatic heterocycles. The molecule has 0 atom stereocenters. The van der Waals surface area contributed by atoms with Crippen molar-refractivity contribution in [3.05, 3.63) is 45.6 Å². The number of hydrogen-bond donors (Lipinski definition) is 2. The molecule has 2 rings (SSSR count). The first kappa shape index (κ1) is 12.6. The SMILES string of the molecule is Cc1cc(C)c(NC(=O)Cc2cccs2)cc1N. The first-order valence-electron chi connectivity index (χ1n) is 5.75. The highest BCUT2D eigenvalue weighted by Crippen LogP contribution is 2.22. The molecule has 0 aliphatic heterocycles. The zero-order valence-electron chi connectivity index (χ0n) is 10.5. The number of carbonyl (C=O) groups excluding carboxylic acids is 1. The van der Waals surface area contributed by atoms with Gasteiger partial charge in [-0.05, 0) is 42.5 Å².